The number of nitrogens with zero attached hydrogens (tertiary/aromatic N) is 4. The third-order valence-electron chi connectivity index (χ3n) is 5.87. The molecule has 7 nitrogen and oxygen atoms in total. The van der Waals surface area contributed by atoms with Crippen molar-refractivity contribution in [2.75, 3.05) is 5.32 Å². The predicted octanol–water partition coefficient (Wildman–Crippen LogP) is 4.50. The molecule has 1 aliphatic carbocycles. The van der Waals surface area contributed by atoms with Gasteiger partial charge in [-0.2, -0.15) is 5.26 Å². The number of H-pyrrole nitrogens is 1. The Balaban J connectivity index is 1.46. The Morgan fingerprint density at radius 3 is 2.58 bits per heavy atom. The van der Waals surface area contributed by atoms with Crippen molar-refractivity contribution < 1.29 is 13.6 Å². The summed E-state index contributed by atoms with van der Waals surface area (Å²) in [5.74, 6) is -2.36. The minimum Gasteiger partial charge on any atom is -0.340 e. The number of rotatable bonds is 4. The lowest BCUT2D eigenvalue weighted by molar-refractivity contribution is -0.115. The summed E-state index contributed by atoms with van der Waals surface area (Å²) in [4.78, 5) is 28.5. The number of halogens is 2. The molecule has 0 bridgehead atoms. The molecule has 4 aromatic rings. The number of carbonyl (C=O) groups excluding carboxylic acids is 1. The Morgan fingerprint density at radius 1 is 1.15 bits per heavy atom. The molecule has 0 aliphatic heterocycles. The molecule has 1 saturated carbocycles. The zero-order valence-electron chi connectivity index (χ0n) is 17.6. The van der Waals surface area contributed by atoms with E-state index in [-0.39, 0.29) is 5.91 Å². The van der Waals surface area contributed by atoms with Gasteiger partial charge in [0.2, 0.25) is 0 Å². The molecule has 1 aromatic carbocycles. The van der Waals surface area contributed by atoms with Crippen LogP contribution in [0.15, 0.2) is 54.7 Å². The first-order chi connectivity index (χ1) is 15.8. The molecule has 1 amide bonds. The highest BCUT2D eigenvalue weighted by atomic mass is 19.3. The maximum Gasteiger partial charge on any atom is 0.256 e. The number of aryl methyl sites for hydroxylation is 1. The summed E-state index contributed by atoms with van der Waals surface area (Å²) in [6.07, 6.45) is 0.568. The third-order valence-corrected chi connectivity index (χ3v) is 5.87. The highest BCUT2D eigenvalue weighted by Crippen LogP contribution is 2.56. The molecule has 0 spiro atoms. The van der Waals surface area contributed by atoms with E-state index in [0.29, 0.717) is 39.5 Å². The van der Waals surface area contributed by atoms with Gasteiger partial charge < -0.3 is 10.3 Å². The average Bonchev–Trinajstić information content (AvgIpc) is 3.21. The van der Waals surface area contributed by atoms with Crippen LogP contribution in [0, 0.1) is 18.3 Å². The topological polar surface area (TPSA) is 107 Å². The number of nitrogens with one attached hydrogen (secondary N) is 2. The average molecular weight is 444 g/mol. The lowest BCUT2D eigenvalue weighted by Gasteiger charge is -2.46. The SMILES string of the molecule is Cc1cccc(NC(=O)c2ccc(C3(c4nc5ncc(C#N)cc5[nH]4)CC(F)(F)C3)cc2)n1. The van der Waals surface area contributed by atoms with Gasteiger partial charge in [-0.05, 0) is 42.8 Å². The van der Waals surface area contributed by atoms with E-state index in [1.807, 2.05) is 19.1 Å². The standard InChI is InChI=1S/C24H18F2N6O/c1-14-3-2-4-19(29-14)31-21(33)16-5-7-17(8-6-16)23(12-24(25,26)13-23)22-30-18-9-15(10-27)11-28-20(18)32-22/h2-9,11H,12-13H2,1H3,(H,28,30,32)(H,29,31,33). The van der Waals surface area contributed by atoms with Gasteiger partial charge in [0.25, 0.3) is 11.8 Å². The largest absolute Gasteiger partial charge is 0.340 e. The normalized spacial score (nSPS) is 16.1. The lowest BCUT2D eigenvalue weighted by atomic mass is 9.61. The van der Waals surface area contributed by atoms with Crippen LogP contribution in [0.25, 0.3) is 11.2 Å². The van der Waals surface area contributed by atoms with Crippen molar-refractivity contribution in [3.05, 3.63) is 82.9 Å². The molecular weight excluding hydrogens is 426 g/mol. The lowest BCUT2D eigenvalue weighted by Crippen LogP contribution is -2.50. The summed E-state index contributed by atoms with van der Waals surface area (Å²) < 4.78 is 28.2. The number of aromatic nitrogens is 4. The molecular formula is C24H18F2N6O. The highest BCUT2D eigenvalue weighted by molar-refractivity contribution is 6.03. The van der Waals surface area contributed by atoms with E-state index in [1.54, 1.807) is 42.5 Å². The molecule has 0 saturated heterocycles. The number of pyridine rings is 2. The molecule has 2 N–H and O–H groups in total. The summed E-state index contributed by atoms with van der Waals surface area (Å²) >= 11 is 0. The van der Waals surface area contributed by atoms with Gasteiger partial charge in [0.15, 0.2) is 5.65 Å². The summed E-state index contributed by atoms with van der Waals surface area (Å²) in [5, 5.41) is 11.8. The minimum atomic E-state index is -2.82. The maximum atomic E-state index is 14.1. The Hall–Kier alpha value is -4.19. The van der Waals surface area contributed by atoms with Crippen LogP contribution in [0.1, 0.15) is 45.8 Å². The molecule has 3 heterocycles. The van der Waals surface area contributed by atoms with Crippen LogP contribution in [0.2, 0.25) is 0 Å². The highest BCUT2D eigenvalue weighted by Gasteiger charge is 2.60. The first-order valence-electron chi connectivity index (χ1n) is 10.3. The number of alkyl halides is 2. The van der Waals surface area contributed by atoms with E-state index in [2.05, 4.69) is 25.3 Å². The van der Waals surface area contributed by atoms with Gasteiger partial charge in [-0.25, -0.2) is 23.7 Å². The molecule has 0 atom stereocenters. The van der Waals surface area contributed by atoms with Gasteiger partial charge in [-0.1, -0.05) is 18.2 Å². The molecule has 33 heavy (non-hydrogen) atoms. The Bertz CT molecular complexity index is 1410. The van der Waals surface area contributed by atoms with Crippen molar-refractivity contribution in [1.82, 2.24) is 19.9 Å². The van der Waals surface area contributed by atoms with Crippen molar-refractivity contribution in [3.8, 4) is 6.07 Å². The number of hydrogen-bond donors (Lipinski definition) is 2. The fourth-order valence-electron chi connectivity index (χ4n) is 4.27. The van der Waals surface area contributed by atoms with Crippen LogP contribution in [0.4, 0.5) is 14.6 Å². The second-order valence-corrected chi connectivity index (χ2v) is 8.28. The fraction of sp³-hybridized carbons (Fsp3) is 0.208. The first kappa shape index (κ1) is 20.7. The zero-order chi connectivity index (χ0) is 23.2. The quantitative estimate of drug-likeness (QED) is 0.482. The minimum absolute atomic E-state index is 0.343. The second kappa shape index (κ2) is 7.45. The van der Waals surface area contributed by atoms with E-state index in [9.17, 15) is 13.6 Å². The summed E-state index contributed by atoms with van der Waals surface area (Å²) in [5.41, 5.74) is 1.97. The van der Waals surface area contributed by atoms with Crippen molar-refractivity contribution in [2.24, 2.45) is 0 Å². The predicted molar refractivity (Wildman–Crippen MR) is 117 cm³/mol. The smallest absolute Gasteiger partial charge is 0.256 e. The van der Waals surface area contributed by atoms with Crippen LogP contribution in [-0.2, 0) is 5.41 Å². The van der Waals surface area contributed by atoms with Crippen LogP contribution < -0.4 is 5.32 Å². The van der Waals surface area contributed by atoms with E-state index < -0.39 is 24.2 Å². The van der Waals surface area contributed by atoms with Gasteiger partial charge in [0, 0.05) is 30.3 Å². The van der Waals surface area contributed by atoms with Gasteiger partial charge >= 0.3 is 0 Å². The molecule has 5 rings (SSSR count). The van der Waals surface area contributed by atoms with Crippen LogP contribution in [0.5, 0.6) is 0 Å². The van der Waals surface area contributed by atoms with Crippen molar-refractivity contribution in [3.63, 3.8) is 0 Å². The van der Waals surface area contributed by atoms with Gasteiger partial charge in [-0.3, -0.25) is 4.79 Å². The number of nitriles is 1. The summed E-state index contributed by atoms with van der Waals surface area (Å²) in [7, 11) is 0. The first-order valence-corrected chi connectivity index (χ1v) is 10.3. The Labute approximate surface area is 187 Å². The number of amides is 1. The maximum absolute atomic E-state index is 14.1. The van der Waals surface area contributed by atoms with Crippen LogP contribution >= 0.6 is 0 Å². The number of fused-ring (bicyclic) bond motifs is 1. The summed E-state index contributed by atoms with van der Waals surface area (Å²) in [6, 6.07) is 15.5. The number of aromatic amines is 1. The number of anilines is 1. The van der Waals surface area contributed by atoms with Gasteiger partial charge in [0.05, 0.1) is 16.5 Å². The van der Waals surface area contributed by atoms with Crippen molar-refractivity contribution in [1.29, 1.82) is 5.26 Å². The van der Waals surface area contributed by atoms with Crippen molar-refractivity contribution in [2.45, 2.75) is 31.1 Å². The Morgan fingerprint density at radius 2 is 1.91 bits per heavy atom. The third kappa shape index (κ3) is 3.69. The van der Waals surface area contributed by atoms with Gasteiger partial charge in [-0.15, -0.1) is 0 Å². The molecule has 3 aromatic heterocycles. The van der Waals surface area contributed by atoms with E-state index in [4.69, 9.17) is 5.26 Å². The molecule has 0 radical (unpaired) electrons. The number of hydrogen-bond acceptors (Lipinski definition) is 5. The van der Waals surface area contributed by atoms with E-state index >= 15 is 0 Å². The second-order valence-electron chi connectivity index (χ2n) is 8.28. The van der Waals surface area contributed by atoms with Gasteiger partial charge in [0.1, 0.15) is 17.7 Å². The fourth-order valence-corrected chi connectivity index (χ4v) is 4.27. The summed E-state index contributed by atoms with van der Waals surface area (Å²) in [6.45, 7) is 1.83. The van der Waals surface area contributed by atoms with Crippen LogP contribution in [-0.4, -0.2) is 31.8 Å². The zero-order valence-corrected chi connectivity index (χ0v) is 17.6. The van der Waals surface area contributed by atoms with Crippen molar-refractivity contribution >= 4 is 22.9 Å². The molecule has 0 unspecified atom stereocenters. The van der Waals surface area contributed by atoms with E-state index in [0.717, 1.165) is 5.69 Å². The molecule has 164 valence electrons. The molecule has 1 fully saturated rings. The number of benzene rings is 1. The van der Waals surface area contributed by atoms with E-state index in [1.165, 1.54) is 6.20 Å². The molecule has 9 heteroatoms. The number of imidazole rings is 1. The molecule has 1 aliphatic rings. The Kier molecular flexibility index (Phi) is 4.67. The monoisotopic (exact) mass is 444 g/mol. The van der Waals surface area contributed by atoms with Crippen LogP contribution in [0.3, 0.4) is 0 Å². The number of carbonyl (C=O) groups is 1.